The number of ether oxygens (including phenoxy) is 1. The molecular formula is C23H31NO2. The van der Waals surface area contributed by atoms with Gasteiger partial charge in [-0.25, -0.2) is 0 Å². The monoisotopic (exact) mass is 353 g/mol. The predicted octanol–water partition coefficient (Wildman–Crippen LogP) is 5.93. The third-order valence-electron chi connectivity index (χ3n) is 4.35. The van der Waals surface area contributed by atoms with Crippen molar-refractivity contribution in [1.29, 1.82) is 0 Å². The van der Waals surface area contributed by atoms with Crippen LogP contribution in [0.5, 0.6) is 5.75 Å². The van der Waals surface area contributed by atoms with Crippen molar-refractivity contribution >= 4 is 11.6 Å². The lowest BCUT2D eigenvalue weighted by Gasteiger charge is -2.26. The second-order valence-electron chi connectivity index (χ2n) is 8.71. The molecule has 0 aliphatic rings. The van der Waals surface area contributed by atoms with Gasteiger partial charge in [0.1, 0.15) is 5.75 Å². The van der Waals surface area contributed by atoms with Crippen molar-refractivity contribution in [2.24, 2.45) is 0 Å². The number of amides is 1. The Bertz CT molecular complexity index is 730. The van der Waals surface area contributed by atoms with Crippen LogP contribution in [0, 0.1) is 0 Å². The Morgan fingerprint density at radius 1 is 0.885 bits per heavy atom. The lowest BCUT2D eigenvalue weighted by atomic mass is 9.79. The van der Waals surface area contributed by atoms with Gasteiger partial charge in [0.25, 0.3) is 5.91 Å². The molecule has 2 aromatic rings. The Morgan fingerprint density at radius 3 is 1.81 bits per heavy atom. The number of hydrogen-bond donors (Lipinski definition) is 1. The lowest BCUT2D eigenvalue weighted by Crippen LogP contribution is -2.20. The molecule has 2 rings (SSSR count). The minimum absolute atomic E-state index is 0.0184. The molecule has 140 valence electrons. The van der Waals surface area contributed by atoms with Gasteiger partial charge in [0.15, 0.2) is 0 Å². The summed E-state index contributed by atoms with van der Waals surface area (Å²) in [5.41, 5.74) is 3.75. The van der Waals surface area contributed by atoms with E-state index >= 15 is 0 Å². The largest absolute Gasteiger partial charge is 0.494 e. The van der Waals surface area contributed by atoms with Crippen molar-refractivity contribution in [2.45, 2.75) is 59.3 Å². The molecule has 3 nitrogen and oxygen atoms in total. The summed E-state index contributed by atoms with van der Waals surface area (Å²) in [5.74, 6) is 0.709. The summed E-state index contributed by atoms with van der Waals surface area (Å²) in [6.45, 7) is 15.6. The van der Waals surface area contributed by atoms with Gasteiger partial charge in [-0.1, -0.05) is 47.6 Å². The second kappa shape index (κ2) is 7.53. The molecule has 0 radical (unpaired) electrons. The minimum Gasteiger partial charge on any atom is -0.494 e. The van der Waals surface area contributed by atoms with E-state index in [0.717, 1.165) is 11.4 Å². The van der Waals surface area contributed by atoms with E-state index in [1.807, 2.05) is 43.3 Å². The molecule has 2 aromatic carbocycles. The molecule has 0 aliphatic heterocycles. The first kappa shape index (κ1) is 20.0. The first-order valence-electron chi connectivity index (χ1n) is 9.21. The summed E-state index contributed by atoms with van der Waals surface area (Å²) in [4.78, 5) is 12.8. The van der Waals surface area contributed by atoms with Crippen molar-refractivity contribution in [3.05, 3.63) is 59.2 Å². The molecule has 0 atom stereocenters. The van der Waals surface area contributed by atoms with Crippen molar-refractivity contribution in [3.8, 4) is 5.75 Å². The van der Waals surface area contributed by atoms with Crippen LogP contribution in [0.3, 0.4) is 0 Å². The number of nitrogens with one attached hydrogen (secondary N) is 1. The quantitative estimate of drug-likeness (QED) is 0.739. The minimum atomic E-state index is -0.0919. The van der Waals surface area contributed by atoms with Gasteiger partial charge in [-0.05, 0) is 65.3 Å². The molecule has 0 aromatic heterocycles. The van der Waals surface area contributed by atoms with E-state index in [0.29, 0.717) is 12.2 Å². The van der Waals surface area contributed by atoms with Crippen molar-refractivity contribution in [1.82, 2.24) is 0 Å². The number of rotatable bonds is 4. The van der Waals surface area contributed by atoms with Gasteiger partial charge in [-0.2, -0.15) is 0 Å². The standard InChI is InChI=1S/C23H31NO2/c1-8-26-20-11-9-19(10-12-20)24-21(25)16-13-17(22(2,3)4)15-18(14-16)23(5,6)7/h9-15H,8H2,1-7H3,(H,24,25). The maximum atomic E-state index is 12.8. The Balaban J connectivity index is 2.32. The molecule has 26 heavy (non-hydrogen) atoms. The molecule has 0 fully saturated rings. The molecule has 1 amide bonds. The fourth-order valence-electron chi connectivity index (χ4n) is 2.63. The summed E-state index contributed by atoms with van der Waals surface area (Å²) in [7, 11) is 0. The highest BCUT2D eigenvalue weighted by molar-refractivity contribution is 6.04. The van der Waals surface area contributed by atoms with Crippen LogP contribution in [-0.2, 0) is 10.8 Å². The fourth-order valence-corrected chi connectivity index (χ4v) is 2.63. The SMILES string of the molecule is CCOc1ccc(NC(=O)c2cc(C(C)(C)C)cc(C(C)(C)C)c2)cc1. The molecule has 0 heterocycles. The molecule has 0 saturated carbocycles. The fraction of sp³-hybridized carbons (Fsp3) is 0.435. The van der Waals surface area contributed by atoms with E-state index in [1.54, 1.807) is 0 Å². The average Bonchev–Trinajstić information content (AvgIpc) is 2.55. The van der Waals surface area contributed by atoms with Crippen molar-refractivity contribution in [3.63, 3.8) is 0 Å². The highest BCUT2D eigenvalue weighted by Gasteiger charge is 2.22. The van der Waals surface area contributed by atoms with Gasteiger partial charge in [0.05, 0.1) is 6.61 Å². The molecule has 0 unspecified atom stereocenters. The van der Waals surface area contributed by atoms with E-state index in [9.17, 15) is 4.79 Å². The highest BCUT2D eigenvalue weighted by Crippen LogP contribution is 2.30. The third-order valence-corrected chi connectivity index (χ3v) is 4.35. The van der Waals surface area contributed by atoms with Crippen LogP contribution in [0.4, 0.5) is 5.69 Å². The van der Waals surface area contributed by atoms with Crippen LogP contribution in [-0.4, -0.2) is 12.5 Å². The van der Waals surface area contributed by atoms with Gasteiger partial charge in [-0.3, -0.25) is 4.79 Å². The van der Waals surface area contributed by atoms with E-state index < -0.39 is 0 Å². The first-order chi connectivity index (χ1) is 12.0. The smallest absolute Gasteiger partial charge is 0.255 e. The average molecular weight is 354 g/mol. The summed E-state index contributed by atoms with van der Waals surface area (Å²) >= 11 is 0. The summed E-state index contributed by atoms with van der Waals surface area (Å²) < 4.78 is 5.44. The Kier molecular flexibility index (Phi) is 5.80. The number of hydrogen-bond acceptors (Lipinski definition) is 2. The number of carbonyl (C=O) groups excluding carboxylic acids is 1. The van der Waals surface area contributed by atoms with Gasteiger partial charge in [-0.15, -0.1) is 0 Å². The molecule has 0 saturated heterocycles. The van der Waals surface area contributed by atoms with Crippen LogP contribution in [0.25, 0.3) is 0 Å². The Labute approximate surface area is 157 Å². The topological polar surface area (TPSA) is 38.3 Å². The van der Waals surface area contributed by atoms with E-state index in [1.165, 1.54) is 11.1 Å². The van der Waals surface area contributed by atoms with Gasteiger partial charge in [0, 0.05) is 11.3 Å². The summed E-state index contributed by atoms with van der Waals surface area (Å²) in [6, 6.07) is 13.7. The number of benzene rings is 2. The maximum Gasteiger partial charge on any atom is 0.255 e. The van der Waals surface area contributed by atoms with Crippen LogP contribution in [0.1, 0.15) is 70.0 Å². The Morgan fingerprint density at radius 2 is 1.38 bits per heavy atom. The highest BCUT2D eigenvalue weighted by atomic mass is 16.5. The normalized spacial score (nSPS) is 12.0. The lowest BCUT2D eigenvalue weighted by molar-refractivity contribution is 0.102. The molecule has 0 spiro atoms. The zero-order chi connectivity index (χ0) is 19.5. The zero-order valence-corrected chi connectivity index (χ0v) is 17.1. The van der Waals surface area contributed by atoms with Crippen LogP contribution in [0.15, 0.2) is 42.5 Å². The van der Waals surface area contributed by atoms with E-state index in [4.69, 9.17) is 4.74 Å². The van der Waals surface area contributed by atoms with E-state index in [-0.39, 0.29) is 16.7 Å². The number of anilines is 1. The molecule has 1 N–H and O–H groups in total. The molecular weight excluding hydrogens is 322 g/mol. The maximum absolute atomic E-state index is 12.8. The predicted molar refractivity (Wildman–Crippen MR) is 109 cm³/mol. The van der Waals surface area contributed by atoms with Crippen LogP contribution in [0.2, 0.25) is 0 Å². The van der Waals surface area contributed by atoms with Gasteiger partial charge in [0.2, 0.25) is 0 Å². The van der Waals surface area contributed by atoms with Crippen molar-refractivity contribution < 1.29 is 9.53 Å². The Hall–Kier alpha value is -2.29. The van der Waals surface area contributed by atoms with Crippen LogP contribution >= 0.6 is 0 Å². The first-order valence-corrected chi connectivity index (χ1v) is 9.21. The second-order valence-corrected chi connectivity index (χ2v) is 8.71. The van der Waals surface area contributed by atoms with Gasteiger partial charge >= 0.3 is 0 Å². The molecule has 3 heteroatoms. The summed E-state index contributed by atoms with van der Waals surface area (Å²) in [6.07, 6.45) is 0. The third kappa shape index (κ3) is 5.10. The molecule has 0 aliphatic carbocycles. The van der Waals surface area contributed by atoms with Crippen LogP contribution < -0.4 is 10.1 Å². The van der Waals surface area contributed by atoms with Gasteiger partial charge < -0.3 is 10.1 Å². The summed E-state index contributed by atoms with van der Waals surface area (Å²) in [5, 5.41) is 2.99. The van der Waals surface area contributed by atoms with Crippen molar-refractivity contribution in [2.75, 3.05) is 11.9 Å². The zero-order valence-electron chi connectivity index (χ0n) is 17.1. The number of carbonyl (C=O) groups is 1. The van der Waals surface area contributed by atoms with E-state index in [2.05, 4.69) is 52.9 Å². The molecule has 0 bridgehead atoms.